The van der Waals surface area contributed by atoms with Gasteiger partial charge in [-0.15, -0.1) is 22.7 Å². The van der Waals surface area contributed by atoms with Gasteiger partial charge in [0.25, 0.3) is 5.91 Å². The number of anilines is 1. The molecule has 0 saturated heterocycles. The zero-order valence-corrected chi connectivity index (χ0v) is 14.4. The van der Waals surface area contributed by atoms with Crippen molar-refractivity contribution in [1.82, 2.24) is 4.57 Å². The summed E-state index contributed by atoms with van der Waals surface area (Å²) in [4.78, 5) is 14.2. The molecule has 0 radical (unpaired) electrons. The van der Waals surface area contributed by atoms with E-state index < -0.39 is 0 Å². The molecule has 3 aromatic heterocycles. The Morgan fingerprint density at radius 3 is 2.61 bits per heavy atom. The Balaban J connectivity index is 2.01. The number of carbonyl (C=O) groups excluding carboxylic acids is 1. The Bertz CT molecular complexity index is 868. The molecule has 3 heterocycles. The van der Waals surface area contributed by atoms with Crippen LogP contribution in [0.1, 0.15) is 31.4 Å². The standard InChI is InChI=1S/C17H15N3OS2/c1-11-12(2)20(10-13-5-3-7-22-13)16(14(11)9-18)19-17(21)15-6-4-8-23-15/h3-8H,10H2,1-2H3,(H,19,21). The molecule has 0 aliphatic carbocycles. The van der Waals surface area contributed by atoms with Gasteiger partial charge >= 0.3 is 0 Å². The van der Waals surface area contributed by atoms with E-state index in [4.69, 9.17) is 0 Å². The molecule has 0 atom stereocenters. The van der Waals surface area contributed by atoms with Gasteiger partial charge in [-0.3, -0.25) is 4.79 Å². The Hall–Kier alpha value is -2.36. The van der Waals surface area contributed by atoms with Crippen molar-refractivity contribution in [3.05, 3.63) is 61.6 Å². The lowest BCUT2D eigenvalue weighted by molar-refractivity contribution is 0.102. The van der Waals surface area contributed by atoms with Crippen LogP contribution >= 0.6 is 22.7 Å². The Morgan fingerprint density at radius 2 is 2.00 bits per heavy atom. The highest BCUT2D eigenvalue weighted by Crippen LogP contribution is 2.28. The molecule has 6 heteroatoms. The first-order valence-corrected chi connectivity index (χ1v) is 8.84. The molecule has 0 fully saturated rings. The van der Waals surface area contributed by atoms with E-state index in [1.54, 1.807) is 17.4 Å². The van der Waals surface area contributed by atoms with Crippen molar-refractivity contribution in [3.63, 3.8) is 0 Å². The van der Waals surface area contributed by atoms with Gasteiger partial charge in [0, 0.05) is 10.6 Å². The quantitative estimate of drug-likeness (QED) is 0.764. The van der Waals surface area contributed by atoms with Crippen LogP contribution in [0, 0.1) is 25.2 Å². The molecular formula is C17H15N3OS2. The van der Waals surface area contributed by atoms with Gasteiger partial charge < -0.3 is 9.88 Å². The van der Waals surface area contributed by atoms with Crippen LogP contribution in [0.15, 0.2) is 35.0 Å². The topological polar surface area (TPSA) is 57.8 Å². The maximum atomic E-state index is 12.4. The van der Waals surface area contributed by atoms with Crippen LogP contribution in [0.4, 0.5) is 5.82 Å². The van der Waals surface area contributed by atoms with Crippen molar-refractivity contribution in [2.75, 3.05) is 5.32 Å². The minimum atomic E-state index is -0.179. The van der Waals surface area contributed by atoms with E-state index in [9.17, 15) is 10.1 Å². The van der Waals surface area contributed by atoms with Crippen molar-refractivity contribution in [2.24, 2.45) is 0 Å². The van der Waals surface area contributed by atoms with Crippen molar-refractivity contribution in [1.29, 1.82) is 5.26 Å². The molecule has 0 spiro atoms. The largest absolute Gasteiger partial charge is 0.325 e. The molecular weight excluding hydrogens is 326 g/mol. The number of nitriles is 1. The average Bonchev–Trinajstić information content (AvgIpc) is 3.27. The van der Waals surface area contributed by atoms with Crippen molar-refractivity contribution < 1.29 is 4.79 Å². The third-order valence-corrected chi connectivity index (χ3v) is 5.54. The van der Waals surface area contributed by atoms with Crippen LogP contribution in [0.3, 0.4) is 0 Å². The number of hydrogen-bond acceptors (Lipinski definition) is 4. The highest BCUT2D eigenvalue weighted by atomic mass is 32.1. The summed E-state index contributed by atoms with van der Waals surface area (Å²) in [6.07, 6.45) is 0. The molecule has 4 nitrogen and oxygen atoms in total. The van der Waals surface area contributed by atoms with Gasteiger partial charge in [-0.2, -0.15) is 5.26 Å². The van der Waals surface area contributed by atoms with Crippen LogP contribution in [-0.4, -0.2) is 10.5 Å². The average molecular weight is 341 g/mol. The number of amides is 1. The van der Waals surface area contributed by atoms with Crippen molar-refractivity contribution in [3.8, 4) is 6.07 Å². The second-order valence-electron chi connectivity index (χ2n) is 5.14. The molecule has 0 aliphatic rings. The Morgan fingerprint density at radius 1 is 1.26 bits per heavy atom. The van der Waals surface area contributed by atoms with E-state index in [-0.39, 0.29) is 5.91 Å². The SMILES string of the molecule is Cc1c(C#N)c(NC(=O)c2cccs2)n(Cc2cccs2)c1C. The molecule has 0 aromatic carbocycles. The van der Waals surface area contributed by atoms with Crippen LogP contribution in [0.2, 0.25) is 0 Å². The Labute approximate surface area is 142 Å². The summed E-state index contributed by atoms with van der Waals surface area (Å²) >= 11 is 3.04. The van der Waals surface area contributed by atoms with Crippen LogP contribution < -0.4 is 5.32 Å². The van der Waals surface area contributed by atoms with E-state index in [1.807, 2.05) is 41.3 Å². The van der Waals surface area contributed by atoms with E-state index >= 15 is 0 Å². The van der Waals surface area contributed by atoms with E-state index in [2.05, 4.69) is 17.5 Å². The highest BCUT2D eigenvalue weighted by Gasteiger charge is 2.20. The van der Waals surface area contributed by atoms with E-state index in [0.717, 1.165) is 11.3 Å². The van der Waals surface area contributed by atoms with Crippen LogP contribution in [-0.2, 0) is 6.54 Å². The summed E-state index contributed by atoms with van der Waals surface area (Å²) in [5.41, 5.74) is 2.44. The number of nitrogens with zero attached hydrogens (tertiary/aromatic N) is 2. The first-order valence-electron chi connectivity index (χ1n) is 7.09. The fourth-order valence-electron chi connectivity index (χ4n) is 2.46. The fourth-order valence-corrected chi connectivity index (χ4v) is 3.77. The van der Waals surface area contributed by atoms with Gasteiger partial charge in [-0.1, -0.05) is 12.1 Å². The van der Waals surface area contributed by atoms with Crippen molar-refractivity contribution >= 4 is 34.4 Å². The molecule has 1 N–H and O–H groups in total. The molecule has 116 valence electrons. The summed E-state index contributed by atoms with van der Waals surface area (Å²) in [6.45, 7) is 4.54. The number of hydrogen-bond donors (Lipinski definition) is 1. The molecule has 1 amide bonds. The smallest absolute Gasteiger partial charge is 0.266 e. The van der Waals surface area contributed by atoms with Gasteiger partial charge in [-0.25, -0.2) is 0 Å². The first-order chi connectivity index (χ1) is 11.1. The second-order valence-corrected chi connectivity index (χ2v) is 7.12. The highest BCUT2D eigenvalue weighted by molar-refractivity contribution is 7.12. The zero-order valence-electron chi connectivity index (χ0n) is 12.8. The summed E-state index contributed by atoms with van der Waals surface area (Å²) in [6, 6.07) is 9.89. The van der Waals surface area contributed by atoms with Gasteiger partial charge in [0.1, 0.15) is 11.9 Å². The van der Waals surface area contributed by atoms with Crippen molar-refractivity contribution in [2.45, 2.75) is 20.4 Å². The van der Waals surface area contributed by atoms with Crippen LogP contribution in [0.5, 0.6) is 0 Å². The first kappa shape index (κ1) is 15.5. The predicted molar refractivity (Wildman–Crippen MR) is 94.3 cm³/mol. The number of aromatic nitrogens is 1. The minimum absolute atomic E-state index is 0.179. The predicted octanol–water partition coefficient (Wildman–Crippen LogP) is 4.40. The number of carbonyl (C=O) groups is 1. The maximum absolute atomic E-state index is 12.4. The summed E-state index contributed by atoms with van der Waals surface area (Å²) in [7, 11) is 0. The van der Waals surface area contributed by atoms with Gasteiger partial charge in [0.2, 0.25) is 0 Å². The fraction of sp³-hybridized carbons (Fsp3) is 0.176. The maximum Gasteiger partial charge on any atom is 0.266 e. The lowest BCUT2D eigenvalue weighted by atomic mass is 10.2. The molecule has 0 bridgehead atoms. The number of thiophene rings is 2. The monoisotopic (exact) mass is 341 g/mol. The van der Waals surface area contributed by atoms with Gasteiger partial charge in [-0.05, 0) is 42.3 Å². The van der Waals surface area contributed by atoms with E-state index in [1.165, 1.54) is 16.2 Å². The minimum Gasteiger partial charge on any atom is -0.325 e. The third kappa shape index (κ3) is 2.93. The van der Waals surface area contributed by atoms with Gasteiger partial charge in [0.05, 0.1) is 17.0 Å². The van der Waals surface area contributed by atoms with E-state index in [0.29, 0.717) is 22.8 Å². The second kappa shape index (κ2) is 6.41. The lowest BCUT2D eigenvalue weighted by Crippen LogP contribution is -2.15. The molecule has 0 unspecified atom stereocenters. The Kier molecular flexibility index (Phi) is 4.33. The zero-order chi connectivity index (χ0) is 16.4. The summed E-state index contributed by atoms with van der Waals surface area (Å²) < 4.78 is 2.01. The normalized spacial score (nSPS) is 10.5. The van der Waals surface area contributed by atoms with Gasteiger partial charge in [0.15, 0.2) is 0 Å². The lowest BCUT2D eigenvalue weighted by Gasteiger charge is -2.11. The van der Waals surface area contributed by atoms with Crippen LogP contribution in [0.25, 0.3) is 0 Å². The molecule has 0 saturated carbocycles. The molecule has 0 aliphatic heterocycles. The molecule has 3 rings (SSSR count). The third-order valence-electron chi connectivity index (χ3n) is 3.81. The summed E-state index contributed by atoms with van der Waals surface area (Å²) in [5, 5.41) is 16.3. The summed E-state index contributed by atoms with van der Waals surface area (Å²) in [5.74, 6) is 0.399. The molecule has 23 heavy (non-hydrogen) atoms. The number of rotatable bonds is 4. The molecule has 3 aromatic rings. The number of nitrogens with one attached hydrogen (secondary N) is 1.